The molecule has 0 amide bonds. The summed E-state index contributed by atoms with van der Waals surface area (Å²) >= 11 is 0. The van der Waals surface area contributed by atoms with Crippen molar-refractivity contribution >= 4 is 14.8 Å². The van der Waals surface area contributed by atoms with Crippen molar-refractivity contribution in [1.82, 2.24) is 0 Å². The monoisotopic (exact) mass is 290 g/mol. The number of methoxy groups -OCH3 is 1. The van der Waals surface area contributed by atoms with Crippen LogP contribution in [0.2, 0.25) is 0 Å². The van der Waals surface area contributed by atoms with Crippen LogP contribution < -0.4 is 0 Å². The standard InChI is InChI=1S/C13H26O5Si/c1-10(2)16-19(17-11(3)4,18-12(5)6)9-8-13(14)15-7/h8-12H,1-7H3. The summed E-state index contributed by atoms with van der Waals surface area (Å²) < 4.78 is 22.2. The Bertz CT molecular complexity index is 273. The first kappa shape index (κ1) is 18.3. The van der Waals surface area contributed by atoms with Crippen LogP contribution in [0.3, 0.4) is 0 Å². The van der Waals surface area contributed by atoms with Gasteiger partial charge in [-0.25, -0.2) is 4.79 Å². The first-order valence-corrected chi connectivity index (χ1v) is 8.31. The fourth-order valence-corrected chi connectivity index (χ4v) is 4.14. The molecule has 0 aromatic carbocycles. The minimum atomic E-state index is -3.05. The highest BCUT2D eigenvalue weighted by Crippen LogP contribution is 2.19. The lowest BCUT2D eigenvalue weighted by Crippen LogP contribution is -2.49. The Morgan fingerprint density at radius 3 is 1.53 bits per heavy atom. The molecule has 19 heavy (non-hydrogen) atoms. The number of hydrogen-bond donors (Lipinski definition) is 0. The van der Waals surface area contributed by atoms with Gasteiger partial charge in [0.1, 0.15) is 0 Å². The van der Waals surface area contributed by atoms with E-state index in [0.717, 1.165) is 0 Å². The largest absolute Gasteiger partial charge is 0.530 e. The van der Waals surface area contributed by atoms with Crippen molar-refractivity contribution in [2.45, 2.75) is 59.9 Å². The Morgan fingerprint density at radius 1 is 0.895 bits per heavy atom. The SMILES string of the molecule is COC(=O)C=C[Si](OC(C)C)(OC(C)C)OC(C)C. The van der Waals surface area contributed by atoms with Gasteiger partial charge in [0.05, 0.1) is 7.11 Å². The van der Waals surface area contributed by atoms with Gasteiger partial charge in [-0.15, -0.1) is 0 Å². The molecule has 5 nitrogen and oxygen atoms in total. The highest BCUT2D eigenvalue weighted by atomic mass is 28.4. The molecule has 6 heteroatoms. The van der Waals surface area contributed by atoms with Crippen molar-refractivity contribution in [3.63, 3.8) is 0 Å². The van der Waals surface area contributed by atoms with Crippen LogP contribution >= 0.6 is 0 Å². The maximum atomic E-state index is 11.3. The van der Waals surface area contributed by atoms with Crippen molar-refractivity contribution in [2.24, 2.45) is 0 Å². The van der Waals surface area contributed by atoms with Gasteiger partial charge in [-0.05, 0) is 47.2 Å². The zero-order valence-corrected chi connectivity index (χ0v) is 13.9. The summed E-state index contributed by atoms with van der Waals surface area (Å²) in [5.41, 5.74) is 1.58. The molecule has 0 unspecified atom stereocenters. The first-order valence-electron chi connectivity index (χ1n) is 6.51. The first-order chi connectivity index (χ1) is 8.70. The van der Waals surface area contributed by atoms with Gasteiger partial charge < -0.3 is 18.0 Å². The molecule has 0 N–H and O–H groups in total. The number of rotatable bonds is 8. The van der Waals surface area contributed by atoms with Gasteiger partial charge in [0.15, 0.2) is 0 Å². The molecule has 0 rings (SSSR count). The van der Waals surface area contributed by atoms with Gasteiger partial charge in [-0.3, -0.25) is 0 Å². The number of ether oxygens (including phenoxy) is 1. The molecule has 0 aliphatic heterocycles. The van der Waals surface area contributed by atoms with E-state index >= 15 is 0 Å². The lowest BCUT2D eigenvalue weighted by atomic mass is 10.5. The van der Waals surface area contributed by atoms with Crippen LogP contribution in [0, 0.1) is 0 Å². The molecule has 0 saturated heterocycles. The maximum absolute atomic E-state index is 11.3. The fourth-order valence-electron chi connectivity index (χ4n) is 1.42. The molecule has 112 valence electrons. The Morgan fingerprint density at radius 2 is 1.26 bits per heavy atom. The summed E-state index contributed by atoms with van der Waals surface area (Å²) in [6, 6.07) is 0. The van der Waals surface area contributed by atoms with Gasteiger partial charge in [0, 0.05) is 24.4 Å². The van der Waals surface area contributed by atoms with E-state index in [1.54, 1.807) is 5.70 Å². The molecular weight excluding hydrogens is 264 g/mol. The molecule has 0 fully saturated rings. The van der Waals surface area contributed by atoms with E-state index in [2.05, 4.69) is 4.74 Å². The lowest BCUT2D eigenvalue weighted by Gasteiger charge is -2.32. The van der Waals surface area contributed by atoms with Gasteiger partial charge in [-0.1, -0.05) is 0 Å². The number of esters is 1. The molecule has 0 aliphatic carbocycles. The minimum Gasteiger partial charge on any atom is -0.466 e. The second-order valence-corrected chi connectivity index (χ2v) is 7.21. The second kappa shape index (κ2) is 8.47. The van der Waals surface area contributed by atoms with Crippen LogP contribution in [0.15, 0.2) is 11.8 Å². The third-order valence-electron chi connectivity index (χ3n) is 1.82. The predicted octanol–water partition coefficient (Wildman–Crippen LogP) is 2.47. The average molecular weight is 290 g/mol. The quantitative estimate of drug-likeness (QED) is 0.390. The van der Waals surface area contributed by atoms with E-state index in [4.69, 9.17) is 13.3 Å². The Balaban J connectivity index is 5.20. The topological polar surface area (TPSA) is 54.0 Å². The van der Waals surface area contributed by atoms with Crippen LogP contribution in [0.1, 0.15) is 41.5 Å². The van der Waals surface area contributed by atoms with Crippen LogP contribution in [0.5, 0.6) is 0 Å². The lowest BCUT2D eigenvalue weighted by molar-refractivity contribution is -0.134. The molecule has 0 radical (unpaired) electrons. The minimum absolute atomic E-state index is 0.0635. The molecular formula is C13H26O5Si. The molecule has 0 spiro atoms. The van der Waals surface area contributed by atoms with E-state index < -0.39 is 14.8 Å². The van der Waals surface area contributed by atoms with Crippen LogP contribution in [0.25, 0.3) is 0 Å². The van der Waals surface area contributed by atoms with E-state index in [1.165, 1.54) is 13.2 Å². The molecule has 0 aromatic heterocycles. The van der Waals surface area contributed by atoms with Crippen molar-refractivity contribution in [3.8, 4) is 0 Å². The smallest absolute Gasteiger partial charge is 0.466 e. The Labute approximate surface area is 117 Å². The van der Waals surface area contributed by atoms with Crippen LogP contribution in [-0.2, 0) is 22.8 Å². The highest BCUT2D eigenvalue weighted by Gasteiger charge is 2.42. The summed E-state index contributed by atoms with van der Waals surface area (Å²) in [5.74, 6) is -0.455. The van der Waals surface area contributed by atoms with Gasteiger partial charge in [0.25, 0.3) is 0 Å². The van der Waals surface area contributed by atoms with E-state index in [1.807, 2.05) is 41.5 Å². The molecule has 0 bridgehead atoms. The normalized spacial score (nSPS) is 12.9. The summed E-state index contributed by atoms with van der Waals surface area (Å²) in [5, 5.41) is 0. The average Bonchev–Trinajstić information content (AvgIpc) is 2.22. The predicted molar refractivity (Wildman–Crippen MR) is 75.6 cm³/mol. The zero-order chi connectivity index (χ0) is 15.1. The number of hydrogen-bond acceptors (Lipinski definition) is 5. The van der Waals surface area contributed by atoms with Gasteiger partial charge in [0.2, 0.25) is 0 Å². The third kappa shape index (κ3) is 8.15. The molecule has 0 aliphatic rings. The summed E-state index contributed by atoms with van der Waals surface area (Å²) in [7, 11) is -1.72. The number of carbonyl (C=O) groups is 1. The van der Waals surface area contributed by atoms with E-state index in [0.29, 0.717) is 0 Å². The van der Waals surface area contributed by atoms with Gasteiger partial charge >= 0.3 is 14.8 Å². The highest BCUT2D eigenvalue weighted by molar-refractivity contribution is 6.66. The Kier molecular flexibility index (Phi) is 8.16. The molecule has 0 heterocycles. The third-order valence-corrected chi connectivity index (χ3v) is 4.80. The molecule has 0 aromatic rings. The van der Waals surface area contributed by atoms with Crippen molar-refractivity contribution < 1.29 is 22.8 Å². The Hall–Kier alpha value is -0.693. The molecule has 0 saturated carbocycles. The van der Waals surface area contributed by atoms with Crippen molar-refractivity contribution in [2.75, 3.05) is 7.11 Å². The van der Waals surface area contributed by atoms with Crippen molar-refractivity contribution in [1.29, 1.82) is 0 Å². The van der Waals surface area contributed by atoms with E-state index in [9.17, 15) is 4.79 Å². The second-order valence-electron chi connectivity index (χ2n) is 4.96. The summed E-state index contributed by atoms with van der Waals surface area (Å²) in [6.07, 6.45) is 1.11. The van der Waals surface area contributed by atoms with Crippen LogP contribution in [0.4, 0.5) is 0 Å². The van der Waals surface area contributed by atoms with Gasteiger partial charge in [-0.2, -0.15) is 0 Å². The van der Waals surface area contributed by atoms with Crippen molar-refractivity contribution in [3.05, 3.63) is 11.8 Å². The molecule has 0 atom stereocenters. The summed E-state index contributed by atoms with van der Waals surface area (Å²) in [6.45, 7) is 11.4. The number of carbonyl (C=O) groups excluding carboxylic acids is 1. The fraction of sp³-hybridized carbons (Fsp3) is 0.769. The maximum Gasteiger partial charge on any atom is 0.530 e. The van der Waals surface area contributed by atoms with E-state index in [-0.39, 0.29) is 18.3 Å². The van der Waals surface area contributed by atoms with Crippen LogP contribution in [-0.4, -0.2) is 40.2 Å². The zero-order valence-electron chi connectivity index (χ0n) is 12.9. The summed E-state index contributed by atoms with van der Waals surface area (Å²) in [4.78, 5) is 11.3.